The molecule has 9 heteroatoms. The van der Waals surface area contributed by atoms with Crippen LogP contribution < -0.4 is 10.6 Å². The number of thioether (sulfide) groups is 1. The van der Waals surface area contributed by atoms with Crippen molar-refractivity contribution in [3.63, 3.8) is 0 Å². The molecule has 2 aromatic heterocycles. The van der Waals surface area contributed by atoms with Crippen LogP contribution in [0.4, 0.5) is 4.79 Å². The molecule has 0 saturated carbocycles. The molecule has 0 aliphatic rings. The molecule has 144 valence electrons. The van der Waals surface area contributed by atoms with Gasteiger partial charge in [0.25, 0.3) is 0 Å². The van der Waals surface area contributed by atoms with Gasteiger partial charge in [-0.2, -0.15) is 0 Å². The van der Waals surface area contributed by atoms with Crippen LogP contribution in [-0.2, 0) is 11.3 Å². The number of amides is 3. The minimum atomic E-state index is -0.480. The molecule has 0 aromatic carbocycles. The number of nitrogens with zero attached hydrogens (tertiary/aromatic N) is 4. The van der Waals surface area contributed by atoms with Crippen molar-refractivity contribution in [2.45, 2.75) is 32.0 Å². The Morgan fingerprint density at radius 3 is 2.70 bits per heavy atom. The SMILES string of the molecule is C=CCn1c(SCC(=O)NC(=O)NCCC(C)C)nnc1-c1ccncc1. The number of carbonyl (C=O) groups excluding carboxylic acids is 2. The smallest absolute Gasteiger partial charge is 0.321 e. The quantitative estimate of drug-likeness (QED) is 0.505. The number of aromatic nitrogens is 4. The number of carbonyl (C=O) groups is 2. The van der Waals surface area contributed by atoms with Gasteiger partial charge in [0, 0.05) is 31.0 Å². The van der Waals surface area contributed by atoms with Crippen molar-refractivity contribution in [2.75, 3.05) is 12.3 Å². The van der Waals surface area contributed by atoms with E-state index in [9.17, 15) is 9.59 Å². The van der Waals surface area contributed by atoms with E-state index in [-0.39, 0.29) is 11.7 Å². The number of allylic oxidation sites excluding steroid dienone is 1. The molecule has 0 saturated heterocycles. The third-order valence-corrected chi connectivity index (χ3v) is 4.53. The van der Waals surface area contributed by atoms with Gasteiger partial charge in [-0.3, -0.25) is 19.7 Å². The van der Waals surface area contributed by atoms with E-state index in [4.69, 9.17) is 0 Å². The molecule has 0 aliphatic heterocycles. The second-order valence-electron chi connectivity index (χ2n) is 6.22. The zero-order valence-corrected chi connectivity index (χ0v) is 16.3. The van der Waals surface area contributed by atoms with Crippen molar-refractivity contribution in [3.05, 3.63) is 37.2 Å². The fourth-order valence-corrected chi connectivity index (χ4v) is 2.96. The fraction of sp³-hybridized carbons (Fsp3) is 0.389. The molecule has 8 nitrogen and oxygen atoms in total. The van der Waals surface area contributed by atoms with Crippen LogP contribution in [0.15, 0.2) is 42.3 Å². The van der Waals surface area contributed by atoms with Gasteiger partial charge in [0.15, 0.2) is 11.0 Å². The predicted molar refractivity (Wildman–Crippen MR) is 105 cm³/mol. The molecule has 0 spiro atoms. The lowest BCUT2D eigenvalue weighted by Gasteiger charge is -2.09. The minimum Gasteiger partial charge on any atom is -0.338 e. The van der Waals surface area contributed by atoms with E-state index < -0.39 is 6.03 Å². The van der Waals surface area contributed by atoms with Gasteiger partial charge in [-0.1, -0.05) is 31.7 Å². The molecule has 2 aromatic rings. The monoisotopic (exact) mass is 388 g/mol. The summed E-state index contributed by atoms with van der Waals surface area (Å²) in [4.78, 5) is 27.7. The van der Waals surface area contributed by atoms with Crippen molar-refractivity contribution in [2.24, 2.45) is 5.92 Å². The number of pyridine rings is 1. The van der Waals surface area contributed by atoms with Crippen LogP contribution in [0.5, 0.6) is 0 Å². The fourth-order valence-electron chi connectivity index (χ4n) is 2.22. The van der Waals surface area contributed by atoms with E-state index in [1.54, 1.807) is 18.5 Å². The van der Waals surface area contributed by atoms with Crippen molar-refractivity contribution >= 4 is 23.7 Å². The van der Waals surface area contributed by atoms with E-state index >= 15 is 0 Å². The topological polar surface area (TPSA) is 102 Å². The van der Waals surface area contributed by atoms with E-state index in [1.807, 2.05) is 16.7 Å². The molecule has 2 heterocycles. The van der Waals surface area contributed by atoms with Gasteiger partial charge in [-0.05, 0) is 24.5 Å². The summed E-state index contributed by atoms with van der Waals surface area (Å²) >= 11 is 1.22. The molecule has 2 rings (SSSR count). The number of hydrogen-bond acceptors (Lipinski definition) is 6. The Bertz CT molecular complexity index is 775. The van der Waals surface area contributed by atoms with E-state index in [2.05, 4.69) is 46.2 Å². The summed E-state index contributed by atoms with van der Waals surface area (Å²) < 4.78 is 1.86. The summed E-state index contributed by atoms with van der Waals surface area (Å²) in [6, 6.07) is 3.20. The largest absolute Gasteiger partial charge is 0.338 e. The van der Waals surface area contributed by atoms with Crippen LogP contribution >= 0.6 is 11.8 Å². The Balaban J connectivity index is 1.93. The highest BCUT2D eigenvalue weighted by Gasteiger charge is 2.15. The number of hydrogen-bond donors (Lipinski definition) is 2. The molecular formula is C18H24N6O2S. The normalized spacial score (nSPS) is 10.6. The average molecular weight is 388 g/mol. The third kappa shape index (κ3) is 6.52. The van der Waals surface area contributed by atoms with Crippen LogP contribution in [0.1, 0.15) is 20.3 Å². The van der Waals surface area contributed by atoms with Gasteiger partial charge in [-0.25, -0.2) is 4.79 Å². The van der Waals surface area contributed by atoms with Crippen LogP contribution in [0.2, 0.25) is 0 Å². The van der Waals surface area contributed by atoms with Gasteiger partial charge < -0.3 is 5.32 Å². The van der Waals surface area contributed by atoms with E-state index in [1.165, 1.54) is 11.8 Å². The number of urea groups is 1. The molecule has 27 heavy (non-hydrogen) atoms. The minimum absolute atomic E-state index is 0.0588. The number of nitrogens with one attached hydrogen (secondary N) is 2. The molecule has 3 amide bonds. The van der Waals surface area contributed by atoms with Crippen LogP contribution in [-0.4, -0.2) is 44.0 Å². The van der Waals surface area contributed by atoms with Crippen LogP contribution in [0.25, 0.3) is 11.4 Å². The van der Waals surface area contributed by atoms with Gasteiger partial charge in [-0.15, -0.1) is 16.8 Å². The van der Waals surface area contributed by atoms with E-state index in [0.29, 0.717) is 30.0 Å². The Morgan fingerprint density at radius 1 is 1.30 bits per heavy atom. The summed E-state index contributed by atoms with van der Waals surface area (Å²) in [7, 11) is 0. The zero-order valence-electron chi connectivity index (χ0n) is 15.5. The first-order chi connectivity index (χ1) is 13.0. The van der Waals surface area contributed by atoms with Crippen molar-refractivity contribution in [1.29, 1.82) is 0 Å². The first-order valence-electron chi connectivity index (χ1n) is 8.66. The molecular weight excluding hydrogens is 364 g/mol. The lowest BCUT2D eigenvalue weighted by atomic mass is 10.1. The van der Waals surface area contributed by atoms with Crippen molar-refractivity contribution < 1.29 is 9.59 Å². The van der Waals surface area contributed by atoms with Gasteiger partial charge in [0.05, 0.1) is 5.75 Å². The number of rotatable bonds is 9. The van der Waals surface area contributed by atoms with Gasteiger partial charge in [0.2, 0.25) is 5.91 Å². The molecule has 0 atom stereocenters. The zero-order chi connectivity index (χ0) is 19.6. The lowest BCUT2D eigenvalue weighted by Crippen LogP contribution is -2.40. The molecule has 0 bridgehead atoms. The maximum absolute atomic E-state index is 12.0. The predicted octanol–water partition coefficient (Wildman–Crippen LogP) is 2.49. The summed E-state index contributed by atoms with van der Waals surface area (Å²) in [5.74, 6) is 0.832. The van der Waals surface area contributed by atoms with Crippen LogP contribution in [0.3, 0.4) is 0 Å². The summed E-state index contributed by atoms with van der Waals surface area (Å²) in [6.45, 7) is 8.94. The highest BCUT2D eigenvalue weighted by molar-refractivity contribution is 7.99. The summed E-state index contributed by atoms with van der Waals surface area (Å²) in [5, 5.41) is 13.9. The maximum Gasteiger partial charge on any atom is 0.321 e. The molecule has 0 radical (unpaired) electrons. The second-order valence-corrected chi connectivity index (χ2v) is 7.16. The molecule has 0 unspecified atom stereocenters. The lowest BCUT2D eigenvalue weighted by molar-refractivity contribution is -0.117. The summed E-state index contributed by atoms with van der Waals surface area (Å²) in [6.07, 6.45) is 5.96. The summed E-state index contributed by atoms with van der Waals surface area (Å²) in [5.41, 5.74) is 0.875. The Morgan fingerprint density at radius 2 is 2.04 bits per heavy atom. The van der Waals surface area contributed by atoms with Gasteiger partial charge >= 0.3 is 6.03 Å². The third-order valence-electron chi connectivity index (χ3n) is 3.56. The Kier molecular flexibility index (Phi) is 8.00. The molecule has 0 aliphatic carbocycles. The average Bonchev–Trinajstić information content (AvgIpc) is 3.03. The molecule has 0 fully saturated rings. The van der Waals surface area contributed by atoms with E-state index in [0.717, 1.165) is 12.0 Å². The highest BCUT2D eigenvalue weighted by Crippen LogP contribution is 2.23. The highest BCUT2D eigenvalue weighted by atomic mass is 32.2. The first kappa shape index (κ1) is 20.6. The molecule has 2 N–H and O–H groups in total. The Labute approximate surface area is 162 Å². The van der Waals surface area contributed by atoms with Gasteiger partial charge in [0.1, 0.15) is 0 Å². The first-order valence-corrected chi connectivity index (χ1v) is 9.64. The maximum atomic E-state index is 12.0. The van der Waals surface area contributed by atoms with Crippen LogP contribution in [0, 0.1) is 5.92 Å². The van der Waals surface area contributed by atoms with Crippen molar-refractivity contribution in [3.8, 4) is 11.4 Å². The number of imide groups is 1. The van der Waals surface area contributed by atoms with Crippen molar-refractivity contribution in [1.82, 2.24) is 30.4 Å². The standard InChI is InChI=1S/C18H24N6O2S/c1-4-11-24-16(14-6-8-19-9-7-14)22-23-18(24)27-12-15(25)21-17(26)20-10-5-13(2)3/h4,6-9,13H,1,5,10-12H2,2-3H3,(H2,20,21,25,26). The Hall–Kier alpha value is -2.68. The second kappa shape index (κ2) is 10.5.